The van der Waals surface area contributed by atoms with Crippen LogP contribution in [0.25, 0.3) is 0 Å². The number of hydrogen-bond donors (Lipinski definition) is 1. The SMILES string of the molecule is O=C(O)c1cnnn1Cc1ccccc1F. The molecule has 0 fully saturated rings. The summed E-state index contributed by atoms with van der Waals surface area (Å²) in [7, 11) is 0. The van der Waals surface area contributed by atoms with Crippen molar-refractivity contribution >= 4 is 5.97 Å². The molecule has 0 bridgehead atoms. The van der Waals surface area contributed by atoms with Gasteiger partial charge in [-0.15, -0.1) is 5.10 Å². The number of aromatic nitrogens is 3. The first kappa shape index (κ1) is 10.3. The molecule has 1 aromatic carbocycles. The standard InChI is InChI=1S/C10H8FN3O2/c11-8-4-2-1-3-7(8)6-14-9(10(15)16)5-12-13-14/h1-5H,6H2,(H,15,16). The lowest BCUT2D eigenvalue weighted by Gasteiger charge is -2.04. The first-order chi connectivity index (χ1) is 7.68. The highest BCUT2D eigenvalue weighted by Crippen LogP contribution is 2.09. The number of benzene rings is 1. The minimum absolute atomic E-state index is 0.0499. The Bertz CT molecular complexity index is 524. The molecule has 16 heavy (non-hydrogen) atoms. The Morgan fingerprint density at radius 1 is 1.44 bits per heavy atom. The molecule has 0 saturated heterocycles. The average molecular weight is 221 g/mol. The molecule has 5 nitrogen and oxygen atoms in total. The normalized spacial score (nSPS) is 10.3. The Morgan fingerprint density at radius 3 is 2.88 bits per heavy atom. The third-order valence-corrected chi connectivity index (χ3v) is 2.11. The smallest absolute Gasteiger partial charge is 0.355 e. The topological polar surface area (TPSA) is 68.0 Å². The average Bonchev–Trinajstić information content (AvgIpc) is 2.69. The first-order valence-electron chi connectivity index (χ1n) is 4.53. The highest BCUT2D eigenvalue weighted by Gasteiger charge is 2.12. The lowest BCUT2D eigenvalue weighted by molar-refractivity contribution is 0.0684. The molecule has 6 heteroatoms. The van der Waals surface area contributed by atoms with Crippen molar-refractivity contribution in [2.75, 3.05) is 0 Å². The van der Waals surface area contributed by atoms with E-state index in [-0.39, 0.29) is 12.2 Å². The van der Waals surface area contributed by atoms with Gasteiger partial charge in [-0.05, 0) is 6.07 Å². The summed E-state index contributed by atoms with van der Waals surface area (Å²) in [5.74, 6) is -1.53. The maximum atomic E-state index is 13.3. The van der Waals surface area contributed by atoms with E-state index >= 15 is 0 Å². The minimum atomic E-state index is -1.14. The van der Waals surface area contributed by atoms with E-state index in [4.69, 9.17) is 5.11 Å². The van der Waals surface area contributed by atoms with Crippen molar-refractivity contribution in [1.29, 1.82) is 0 Å². The molecule has 1 N–H and O–H groups in total. The van der Waals surface area contributed by atoms with E-state index in [0.717, 1.165) is 10.9 Å². The van der Waals surface area contributed by atoms with Crippen LogP contribution in [-0.2, 0) is 6.54 Å². The van der Waals surface area contributed by atoms with Crippen LogP contribution < -0.4 is 0 Å². The van der Waals surface area contributed by atoms with Gasteiger partial charge in [-0.25, -0.2) is 13.9 Å². The van der Waals surface area contributed by atoms with Gasteiger partial charge in [0, 0.05) is 5.56 Å². The molecular weight excluding hydrogens is 213 g/mol. The summed E-state index contributed by atoms with van der Waals surface area (Å²) in [4.78, 5) is 10.8. The summed E-state index contributed by atoms with van der Waals surface area (Å²) in [5.41, 5.74) is 0.304. The van der Waals surface area contributed by atoms with Gasteiger partial charge < -0.3 is 5.11 Å². The summed E-state index contributed by atoms with van der Waals surface area (Å²) in [6.07, 6.45) is 1.13. The minimum Gasteiger partial charge on any atom is -0.476 e. The second-order valence-electron chi connectivity index (χ2n) is 3.17. The van der Waals surface area contributed by atoms with Gasteiger partial charge in [0.25, 0.3) is 0 Å². The molecule has 82 valence electrons. The van der Waals surface area contributed by atoms with Crippen LogP contribution in [0.4, 0.5) is 4.39 Å². The monoisotopic (exact) mass is 221 g/mol. The van der Waals surface area contributed by atoms with Crippen molar-refractivity contribution in [2.45, 2.75) is 6.54 Å². The quantitative estimate of drug-likeness (QED) is 0.844. The maximum absolute atomic E-state index is 13.3. The Morgan fingerprint density at radius 2 is 2.19 bits per heavy atom. The zero-order valence-corrected chi connectivity index (χ0v) is 8.17. The second kappa shape index (κ2) is 4.09. The van der Waals surface area contributed by atoms with Crippen LogP contribution in [-0.4, -0.2) is 26.1 Å². The molecule has 1 aromatic heterocycles. The highest BCUT2D eigenvalue weighted by atomic mass is 19.1. The van der Waals surface area contributed by atoms with Crippen molar-refractivity contribution in [2.24, 2.45) is 0 Å². The van der Waals surface area contributed by atoms with E-state index in [0.29, 0.717) is 5.56 Å². The predicted molar refractivity (Wildman–Crippen MR) is 52.5 cm³/mol. The van der Waals surface area contributed by atoms with Gasteiger partial charge in [-0.3, -0.25) is 0 Å². The highest BCUT2D eigenvalue weighted by molar-refractivity contribution is 5.85. The predicted octanol–water partition coefficient (Wildman–Crippen LogP) is 1.16. The molecule has 0 amide bonds. The van der Waals surface area contributed by atoms with Gasteiger partial charge in [0.05, 0.1) is 12.7 Å². The Hall–Kier alpha value is -2.24. The summed E-state index contributed by atoms with van der Waals surface area (Å²) in [5, 5.41) is 15.9. The Balaban J connectivity index is 2.31. The molecule has 2 rings (SSSR count). The summed E-state index contributed by atoms with van der Waals surface area (Å²) in [6, 6.07) is 6.13. The molecule has 0 aliphatic rings. The fourth-order valence-corrected chi connectivity index (χ4v) is 1.33. The second-order valence-corrected chi connectivity index (χ2v) is 3.17. The molecule has 0 radical (unpaired) electrons. The first-order valence-corrected chi connectivity index (χ1v) is 4.53. The molecule has 0 spiro atoms. The van der Waals surface area contributed by atoms with E-state index in [1.54, 1.807) is 18.2 Å². The maximum Gasteiger partial charge on any atom is 0.355 e. The lowest BCUT2D eigenvalue weighted by atomic mass is 10.2. The van der Waals surface area contributed by atoms with Gasteiger partial charge in [-0.2, -0.15) is 0 Å². The summed E-state index contributed by atoms with van der Waals surface area (Å²) >= 11 is 0. The van der Waals surface area contributed by atoms with Crippen molar-refractivity contribution in [3.8, 4) is 0 Å². The van der Waals surface area contributed by atoms with Gasteiger partial charge in [-0.1, -0.05) is 23.4 Å². The number of rotatable bonds is 3. The largest absolute Gasteiger partial charge is 0.476 e. The van der Waals surface area contributed by atoms with Crippen LogP contribution in [0.5, 0.6) is 0 Å². The van der Waals surface area contributed by atoms with Gasteiger partial charge in [0.15, 0.2) is 5.69 Å². The number of aromatic carboxylic acids is 1. The third-order valence-electron chi connectivity index (χ3n) is 2.11. The van der Waals surface area contributed by atoms with Crippen molar-refractivity contribution < 1.29 is 14.3 Å². The van der Waals surface area contributed by atoms with Crippen molar-refractivity contribution in [3.63, 3.8) is 0 Å². The number of carboxylic acid groups (broad SMARTS) is 1. The van der Waals surface area contributed by atoms with E-state index in [1.165, 1.54) is 6.07 Å². The van der Waals surface area contributed by atoms with Crippen molar-refractivity contribution in [3.05, 3.63) is 47.5 Å². The molecule has 0 saturated carbocycles. The zero-order chi connectivity index (χ0) is 11.5. The molecule has 2 aromatic rings. The fourth-order valence-electron chi connectivity index (χ4n) is 1.33. The molecule has 0 atom stereocenters. The van der Waals surface area contributed by atoms with E-state index < -0.39 is 11.8 Å². The third kappa shape index (κ3) is 1.90. The van der Waals surface area contributed by atoms with E-state index in [9.17, 15) is 9.18 Å². The number of hydrogen-bond acceptors (Lipinski definition) is 3. The molecule has 0 aliphatic carbocycles. The van der Waals surface area contributed by atoms with E-state index in [1.807, 2.05) is 0 Å². The van der Waals surface area contributed by atoms with Crippen LogP contribution in [0.2, 0.25) is 0 Å². The van der Waals surface area contributed by atoms with Gasteiger partial charge in [0.1, 0.15) is 5.82 Å². The molecular formula is C10H8FN3O2. The Labute approximate surface area is 90.1 Å². The number of carboxylic acids is 1. The molecule has 0 aliphatic heterocycles. The van der Waals surface area contributed by atoms with Crippen molar-refractivity contribution in [1.82, 2.24) is 15.0 Å². The Kier molecular flexibility index (Phi) is 2.63. The fraction of sp³-hybridized carbons (Fsp3) is 0.100. The van der Waals surface area contributed by atoms with E-state index in [2.05, 4.69) is 10.3 Å². The lowest BCUT2D eigenvalue weighted by Crippen LogP contribution is -2.11. The number of carbonyl (C=O) groups is 1. The van der Waals surface area contributed by atoms with Crippen LogP contribution in [0.3, 0.4) is 0 Å². The number of nitrogens with zero attached hydrogens (tertiary/aromatic N) is 3. The zero-order valence-electron chi connectivity index (χ0n) is 8.17. The van der Waals surface area contributed by atoms with Crippen LogP contribution in [0, 0.1) is 5.82 Å². The summed E-state index contributed by atoms with van der Waals surface area (Å²) < 4.78 is 14.4. The van der Waals surface area contributed by atoms with Crippen LogP contribution in [0.15, 0.2) is 30.5 Å². The van der Waals surface area contributed by atoms with Gasteiger partial charge in [0.2, 0.25) is 0 Å². The van der Waals surface area contributed by atoms with Crippen LogP contribution in [0.1, 0.15) is 16.1 Å². The molecule has 0 unspecified atom stereocenters. The van der Waals surface area contributed by atoms with Crippen LogP contribution >= 0.6 is 0 Å². The molecule has 1 heterocycles. The summed E-state index contributed by atoms with van der Waals surface area (Å²) in [6.45, 7) is 0.0499. The number of halogens is 1. The van der Waals surface area contributed by atoms with Gasteiger partial charge >= 0.3 is 5.97 Å².